The van der Waals surface area contributed by atoms with E-state index >= 15 is 0 Å². The Labute approximate surface area is 342 Å². The molecule has 0 fully saturated rings. The molecular weight excluding hydrogens is 677 g/mol. The van der Waals surface area contributed by atoms with E-state index in [0.29, 0.717) is 24.5 Å². The first-order valence-corrected chi connectivity index (χ1v) is 24.1. The molecule has 4 atom stereocenters. The summed E-state index contributed by atoms with van der Waals surface area (Å²) in [5.74, 6) is 3.44. The third-order valence-electron chi connectivity index (χ3n) is 13.2. The Morgan fingerprint density at radius 2 is 1.07 bits per heavy atom. The van der Waals surface area contributed by atoms with Gasteiger partial charge < -0.3 is 14.6 Å². The van der Waals surface area contributed by atoms with Crippen molar-refractivity contribution in [2.24, 2.45) is 17.8 Å². The van der Waals surface area contributed by atoms with Crippen molar-refractivity contribution in [3.8, 4) is 11.5 Å². The van der Waals surface area contributed by atoms with E-state index in [1.165, 1.54) is 154 Å². The predicted molar refractivity (Wildman–Crippen MR) is 238 cm³/mol. The van der Waals surface area contributed by atoms with Gasteiger partial charge >= 0.3 is 5.97 Å². The average Bonchev–Trinajstić information content (AvgIpc) is 3.14. The Morgan fingerprint density at radius 1 is 0.636 bits per heavy atom. The minimum atomic E-state index is -0.582. The monoisotopic (exact) mass is 769 g/mol. The standard InChI is InChI=1S/C51H92O4/c1-10-11-12-13-14-15-16-17-18-19-20-21-22-23-24-25-26-27-28-37-48(52)54-47-39-46-45(8)49(53)43(6)44(7)50(46)55-51(47,9)38-31-36-42(5)35-30-34-41(4)33-29-32-40(2)3/h40-42,47,53H,10-39H2,1-9H3/t41-,42+,47?,51-/m0/s1. The Hall–Kier alpha value is -1.71. The summed E-state index contributed by atoms with van der Waals surface area (Å²) in [6.07, 6.45) is 37.4. The minimum Gasteiger partial charge on any atom is -0.507 e. The molecule has 1 aromatic rings. The van der Waals surface area contributed by atoms with Gasteiger partial charge in [0.2, 0.25) is 0 Å². The van der Waals surface area contributed by atoms with E-state index in [4.69, 9.17) is 9.47 Å². The molecule has 4 nitrogen and oxygen atoms in total. The highest BCUT2D eigenvalue weighted by molar-refractivity contribution is 5.70. The molecule has 0 saturated carbocycles. The lowest BCUT2D eigenvalue weighted by Gasteiger charge is -2.43. The van der Waals surface area contributed by atoms with Crippen LogP contribution in [0.15, 0.2) is 0 Å². The van der Waals surface area contributed by atoms with E-state index in [2.05, 4.69) is 41.5 Å². The zero-order valence-electron chi connectivity index (χ0n) is 38.2. The summed E-state index contributed by atoms with van der Waals surface area (Å²) in [7, 11) is 0. The number of hydrogen-bond donors (Lipinski definition) is 1. The van der Waals surface area contributed by atoms with Crippen LogP contribution in [0.2, 0.25) is 0 Å². The van der Waals surface area contributed by atoms with Crippen molar-refractivity contribution in [1.82, 2.24) is 0 Å². The lowest BCUT2D eigenvalue weighted by Crippen LogP contribution is -2.51. The molecule has 0 aromatic heterocycles. The quantitative estimate of drug-likeness (QED) is 0.0571. The molecule has 320 valence electrons. The molecule has 1 aliphatic heterocycles. The lowest BCUT2D eigenvalue weighted by molar-refractivity contribution is -0.163. The smallest absolute Gasteiger partial charge is 0.306 e. The first-order chi connectivity index (χ1) is 26.4. The molecular formula is C51H92O4. The van der Waals surface area contributed by atoms with Crippen molar-refractivity contribution in [3.05, 3.63) is 22.3 Å². The summed E-state index contributed by atoms with van der Waals surface area (Å²) in [5.41, 5.74) is 3.15. The van der Waals surface area contributed by atoms with Crippen LogP contribution in [0.1, 0.15) is 250 Å². The number of rotatable bonds is 33. The molecule has 1 N–H and O–H groups in total. The van der Waals surface area contributed by atoms with Gasteiger partial charge in [0.25, 0.3) is 0 Å². The summed E-state index contributed by atoms with van der Waals surface area (Å²) in [6, 6.07) is 0. The molecule has 0 bridgehead atoms. The van der Waals surface area contributed by atoms with Crippen molar-refractivity contribution < 1.29 is 19.4 Å². The van der Waals surface area contributed by atoms with Gasteiger partial charge in [-0.05, 0) is 81.4 Å². The summed E-state index contributed by atoms with van der Waals surface area (Å²) >= 11 is 0. The first-order valence-electron chi connectivity index (χ1n) is 24.1. The largest absolute Gasteiger partial charge is 0.507 e. The summed E-state index contributed by atoms with van der Waals surface area (Å²) in [4.78, 5) is 13.3. The van der Waals surface area contributed by atoms with Crippen LogP contribution < -0.4 is 4.74 Å². The van der Waals surface area contributed by atoms with Gasteiger partial charge in [0, 0.05) is 18.4 Å². The van der Waals surface area contributed by atoms with Gasteiger partial charge in [0.15, 0.2) is 0 Å². The van der Waals surface area contributed by atoms with Gasteiger partial charge in [-0.25, -0.2) is 0 Å². The van der Waals surface area contributed by atoms with Crippen LogP contribution in [-0.4, -0.2) is 22.8 Å². The maximum absolute atomic E-state index is 13.3. The second kappa shape index (κ2) is 28.7. The fourth-order valence-corrected chi connectivity index (χ4v) is 8.98. The number of carbonyl (C=O) groups excluding carboxylic acids is 1. The van der Waals surface area contributed by atoms with Crippen LogP contribution in [0.3, 0.4) is 0 Å². The van der Waals surface area contributed by atoms with E-state index in [0.717, 1.165) is 65.5 Å². The summed E-state index contributed by atoms with van der Waals surface area (Å²) < 4.78 is 13.2. The van der Waals surface area contributed by atoms with Gasteiger partial charge in [-0.2, -0.15) is 0 Å². The number of unbranched alkanes of at least 4 members (excludes halogenated alkanes) is 18. The van der Waals surface area contributed by atoms with Crippen LogP contribution >= 0.6 is 0 Å². The first kappa shape index (κ1) is 49.4. The van der Waals surface area contributed by atoms with E-state index in [9.17, 15) is 9.90 Å². The molecule has 0 radical (unpaired) electrons. The number of phenolic OH excluding ortho intramolecular Hbond substituents is 1. The maximum atomic E-state index is 13.3. The molecule has 1 unspecified atom stereocenters. The van der Waals surface area contributed by atoms with E-state index in [1.54, 1.807) is 0 Å². The van der Waals surface area contributed by atoms with Crippen molar-refractivity contribution >= 4 is 5.97 Å². The van der Waals surface area contributed by atoms with Crippen molar-refractivity contribution in [2.45, 2.75) is 267 Å². The summed E-state index contributed by atoms with van der Waals surface area (Å²) in [6.45, 7) is 19.9. The van der Waals surface area contributed by atoms with Crippen molar-refractivity contribution in [3.63, 3.8) is 0 Å². The van der Waals surface area contributed by atoms with Crippen LogP contribution in [0.4, 0.5) is 0 Å². The van der Waals surface area contributed by atoms with Gasteiger partial charge in [-0.3, -0.25) is 4.79 Å². The zero-order chi connectivity index (χ0) is 40.5. The highest BCUT2D eigenvalue weighted by Gasteiger charge is 2.44. The van der Waals surface area contributed by atoms with Crippen LogP contribution in [-0.2, 0) is 16.0 Å². The van der Waals surface area contributed by atoms with Crippen LogP contribution in [0.5, 0.6) is 11.5 Å². The number of fused-ring (bicyclic) bond motifs is 1. The topological polar surface area (TPSA) is 55.8 Å². The van der Waals surface area contributed by atoms with Crippen molar-refractivity contribution in [2.75, 3.05) is 0 Å². The number of aromatic hydroxyl groups is 1. The molecule has 4 heteroatoms. The number of esters is 1. The minimum absolute atomic E-state index is 0.100. The maximum Gasteiger partial charge on any atom is 0.306 e. The van der Waals surface area contributed by atoms with Gasteiger partial charge in [0.05, 0.1) is 0 Å². The Balaban J connectivity index is 1.71. The molecule has 0 spiro atoms. The second-order valence-corrected chi connectivity index (χ2v) is 19.1. The van der Waals surface area contributed by atoms with Crippen molar-refractivity contribution in [1.29, 1.82) is 0 Å². The summed E-state index contributed by atoms with van der Waals surface area (Å²) in [5, 5.41) is 10.9. The van der Waals surface area contributed by atoms with Crippen LogP contribution in [0, 0.1) is 38.5 Å². The number of hydrogen-bond acceptors (Lipinski definition) is 4. The molecule has 0 aliphatic carbocycles. The molecule has 2 rings (SSSR count). The highest BCUT2D eigenvalue weighted by Crippen LogP contribution is 2.45. The Morgan fingerprint density at radius 3 is 1.55 bits per heavy atom. The molecule has 0 amide bonds. The predicted octanol–water partition coefficient (Wildman–Crippen LogP) is 16.2. The average molecular weight is 769 g/mol. The van der Waals surface area contributed by atoms with E-state index in [-0.39, 0.29) is 12.1 Å². The van der Waals surface area contributed by atoms with Crippen LogP contribution in [0.25, 0.3) is 0 Å². The molecule has 1 aliphatic rings. The Bertz CT molecular complexity index is 1160. The number of benzene rings is 1. The van der Waals surface area contributed by atoms with E-state index < -0.39 is 5.60 Å². The number of phenols is 1. The lowest BCUT2D eigenvalue weighted by atomic mass is 9.81. The molecule has 0 saturated heterocycles. The third-order valence-corrected chi connectivity index (χ3v) is 13.2. The second-order valence-electron chi connectivity index (χ2n) is 19.1. The molecule has 1 aromatic carbocycles. The SMILES string of the molecule is CCCCCCCCCCCCCCCCCCCCCC(=O)OC1Cc2c(C)c(O)c(C)c(C)c2O[C@@]1(C)CCC[C@H](C)CCC[C@@H](C)CCCC(C)C. The normalized spacial score (nSPS) is 18.0. The fourth-order valence-electron chi connectivity index (χ4n) is 8.98. The van der Waals surface area contributed by atoms with Gasteiger partial charge in [-0.15, -0.1) is 0 Å². The van der Waals surface area contributed by atoms with E-state index in [1.807, 2.05) is 20.8 Å². The van der Waals surface area contributed by atoms with Gasteiger partial charge in [0.1, 0.15) is 23.2 Å². The third kappa shape index (κ3) is 20.0. The number of ether oxygens (including phenoxy) is 2. The molecule has 55 heavy (non-hydrogen) atoms. The molecule has 1 heterocycles. The number of carbonyl (C=O) groups is 1. The zero-order valence-corrected chi connectivity index (χ0v) is 38.2. The van der Waals surface area contributed by atoms with Gasteiger partial charge in [-0.1, -0.05) is 195 Å². The highest BCUT2D eigenvalue weighted by atomic mass is 16.6. The fraction of sp³-hybridized carbons (Fsp3) is 0.863. The Kier molecular flexibility index (Phi) is 25.8.